The molecule has 0 bridgehead atoms. The van der Waals surface area contributed by atoms with Crippen LogP contribution in [0.4, 0.5) is 5.69 Å². The number of rotatable bonds is 6. The maximum absolute atomic E-state index is 11.1. The van der Waals surface area contributed by atoms with Crippen LogP contribution in [0.3, 0.4) is 0 Å². The molecule has 0 aliphatic carbocycles. The van der Waals surface area contributed by atoms with Crippen molar-refractivity contribution < 1.29 is 8.42 Å². The van der Waals surface area contributed by atoms with Gasteiger partial charge in [0, 0.05) is 24.5 Å². The van der Waals surface area contributed by atoms with E-state index in [0.717, 1.165) is 12.2 Å². The number of aryl methyl sites for hydroxylation is 1. The zero-order valence-corrected chi connectivity index (χ0v) is 12.5. The van der Waals surface area contributed by atoms with E-state index in [9.17, 15) is 8.42 Å². The highest BCUT2D eigenvalue weighted by Gasteiger charge is 2.11. The Bertz CT molecular complexity index is 463. The van der Waals surface area contributed by atoms with Crippen molar-refractivity contribution in [3.8, 4) is 0 Å². The van der Waals surface area contributed by atoms with E-state index in [1.54, 1.807) is 0 Å². The van der Waals surface area contributed by atoms with Gasteiger partial charge in [-0.2, -0.15) is 0 Å². The monoisotopic (exact) mass is 269 g/mol. The number of anilines is 1. The van der Waals surface area contributed by atoms with E-state index >= 15 is 0 Å². The topological polar surface area (TPSA) is 37.4 Å². The first-order chi connectivity index (χ1) is 8.29. The molecule has 0 radical (unpaired) electrons. The van der Waals surface area contributed by atoms with E-state index in [0.29, 0.717) is 12.5 Å². The Morgan fingerprint density at radius 3 is 2.17 bits per heavy atom. The standard InChI is InChI=1S/C14H23NO2S/c1-12(2)15(10-5-11-18(4,16)17)14-8-6-13(3)7-9-14/h6-9,12H,5,10-11H2,1-4H3. The maximum atomic E-state index is 11.1. The third kappa shape index (κ3) is 5.08. The average molecular weight is 269 g/mol. The molecule has 0 fully saturated rings. The molecule has 0 heterocycles. The Hall–Kier alpha value is -1.03. The molecule has 18 heavy (non-hydrogen) atoms. The molecule has 0 spiro atoms. The lowest BCUT2D eigenvalue weighted by Gasteiger charge is -2.29. The van der Waals surface area contributed by atoms with Gasteiger partial charge >= 0.3 is 0 Å². The molecule has 1 rings (SSSR count). The third-order valence-electron chi connectivity index (χ3n) is 2.90. The molecule has 0 N–H and O–H groups in total. The molecule has 1 aromatic carbocycles. The Kier molecular flexibility index (Phi) is 5.20. The molecular formula is C14H23NO2S. The summed E-state index contributed by atoms with van der Waals surface area (Å²) in [5.41, 5.74) is 2.39. The molecule has 0 atom stereocenters. The van der Waals surface area contributed by atoms with Crippen molar-refractivity contribution >= 4 is 15.5 Å². The van der Waals surface area contributed by atoms with Crippen LogP contribution in [0.5, 0.6) is 0 Å². The summed E-state index contributed by atoms with van der Waals surface area (Å²) in [6.45, 7) is 7.08. The molecule has 0 amide bonds. The van der Waals surface area contributed by atoms with Crippen molar-refractivity contribution in [2.75, 3.05) is 23.5 Å². The van der Waals surface area contributed by atoms with E-state index in [-0.39, 0.29) is 5.75 Å². The SMILES string of the molecule is Cc1ccc(N(CCCS(C)(=O)=O)C(C)C)cc1. The number of nitrogens with zero attached hydrogens (tertiary/aromatic N) is 1. The highest BCUT2D eigenvalue weighted by atomic mass is 32.2. The predicted octanol–water partition coefficient (Wildman–Crippen LogP) is 2.64. The zero-order valence-electron chi connectivity index (χ0n) is 11.7. The van der Waals surface area contributed by atoms with Crippen molar-refractivity contribution in [1.82, 2.24) is 0 Å². The lowest BCUT2D eigenvalue weighted by Crippen LogP contribution is -2.32. The minimum absolute atomic E-state index is 0.252. The van der Waals surface area contributed by atoms with Gasteiger partial charge in [0.15, 0.2) is 0 Å². The summed E-state index contributed by atoms with van der Waals surface area (Å²) in [6, 6.07) is 8.72. The van der Waals surface area contributed by atoms with Gasteiger partial charge in [0.25, 0.3) is 0 Å². The minimum atomic E-state index is -2.86. The van der Waals surface area contributed by atoms with Crippen LogP contribution >= 0.6 is 0 Å². The molecular weight excluding hydrogens is 246 g/mol. The summed E-state index contributed by atoms with van der Waals surface area (Å²) in [6.07, 6.45) is 1.96. The minimum Gasteiger partial charge on any atom is -0.369 e. The van der Waals surface area contributed by atoms with Crippen LogP contribution in [0.2, 0.25) is 0 Å². The summed E-state index contributed by atoms with van der Waals surface area (Å²) in [4.78, 5) is 2.24. The van der Waals surface area contributed by atoms with Crippen molar-refractivity contribution in [3.05, 3.63) is 29.8 Å². The van der Waals surface area contributed by atoms with Gasteiger partial charge in [-0.15, -0.1) is 0 Å². The molecule has 102 valence electrons. The summed E-state index contributed by atoms with van der Waals surface area (Å²) in [5.74, 6) is 0.252. The van der Waals surface area contributed by atoms with E-state index in [4.69, 9.17) is 0 Å². The van der Waals surface area contributed by atoms with E-state index in [1.165, 1.54) is 11.8 Å². The van der Waals surface area contributed by atoms with E-state index < -0.39 is 9.84 Å². The fourth-order valence-electron chi connectivity index (χ4n) is 1.92. The summed E-state index contributed by atoms with van der Waals surface area (Å²) < 4.78 is 22.3. The van der Waals surface area contributed by atoms with Crippen LogP contribution in [0, 0.1) is 6.92 Å². The van der Waals surface area contributed by atoms with Crippen molar-refractivity contribution in [3.63, 3.8) is 0 Å². The van der Waals surface area contributed by atoms with Gasteiger partial charge < -0.3 is 4.90 Å². The van der Waals surface area contributed by atoms with Crippen molar-refractivity contribution in [2.45, 2.75) is 33.2 Å². The Morgan fingerprint density at radius 2 is 1.72 bits per heavy atom. The third-order valence-corrected chi connectivity index (χ3v) is 3.93. The molecule has 3 nitrogen and oxygen atoms in total. The lowest BCUT2D eigenvalue weighted by molar-refractivity contribution is 0.595. The molecule has 0 aliphatic heterocycles. The fourth-order valence-corrected chi connectivity index (χ4v) is 2.57. The largest absolute Gasteiger partial charge is 0.369 e. The molecule has 0 aliphatic rings. The zero-order chi connectivity index (χ0) is 13.8. The molecule has 4 heteroatoms. The molecule has 1 aromatic rings. The average Bonchev–Trinajstić information content (AvgIpc) is 2.24. The summed E-state index contributed by atoms with van der Waals surface area (Å²) in [7, 11) is -2.86. The Labute approximate surface area is 111 Å². The Balaban J connectivity index is 2.69. The fraction of sp³-hybridized carbons (Fsp3) is 0.571. The molecule has 0 unspecified atom stereocenters. The lowest BCUT2D eigenvalue weighted by atomic mass is 10.2. The first-order valence-electron chi connectivity index (χ1n) is 6.30. The van der Waals surface area contributed by atoms with E-state index in [1.807, 2.05) is 0 Å². The first-order valence-corrected chi connectivity index (χ1v) is 8.36. The normalized spacial score (nSPS) is 11.8. The smallest absolute Gasteiger partial charge is 0.147 e. The van der Waals surface area contributed by atoms with Crippen LogP contribution in [0.1, 0.15) is 25.8 Å². The van der Waals surface area contributed by atoms with Gasteiger partial charge in [0.2, 0.25) is 0 Å². The van der Waals surface area contributed by atoms with Crippen LogP contribution in [0.25, 0.3) is 0 Å². The van der Waals surface area contributed by atoms with Crippen LogP contribution < -0.4 is 4.90 Å². The van der Waals surface area contributed by atoms with Crippen molar-refractivity contribution in [1.29, 1.82) is 0 Å². The highest BCUT2D eigenvalue weighted by Crippen LogP contribution is 2.18. The van der Waals surface area contributed by atoms with Crippen molar-refractivity contribution in [2.24, 2.45) is 0 Å². The second-order valence-corrected chi connectivity index (χ2v) is 7.37. The number of sulfone groups is 1. The van der Waals surface area contributed by atoms with Crippen LogP contribution in [0.15, 0.2) is 24.3 Å². The quantitative estimate of drug-likeness (QED) is 0.796. The molecule has 0 saturated carbocycles. The second-order valence-electron chi connectivity index (χ2n) is 5.11. The first kappa shape index (κ1) is 15.0. The Morgan fingerprint density at radius 1 is 1.17 bits per heavy atom. The van der Waals surface area contributed by atoms with Gasteiger partial charge in [-0.25, -0.2) is 8.42 Å². The highest BCUT2D eigenvalue weighted by molar-refractivity contribution is 7.90. The number of hydrogen-bond acceptors (Lipinski definition) is 3. The predicted molar refractivity (Wildman–Crippen MR) is 78.0 cm³/mol. The van der Waals surface area contributed by atoms with Gasteiger partial charge in [-0.3, -0.25) is 0 Å². The van der Waals surface area contributed by atoms with Gasteiger partial charge in [0.05, 0.1) is 5.75 Å². The van der Waals surface area contributed by atoms with E-state index in [2.05, 4.69) is 49.9 Å². The molecule has 0 aromatic heterocycles. The maximum Gasteiger partial charge on any atom is 0.147 e. The van der Waals surface area contributed by atoms with Gasteiger partial charge in [0.1, 0.15) is 9.84 Å². The molecule has 0 saturated heterocycles. The van der Waals surface area contributed by atoms with Crippen LogP contribution in [-0.4, -0.2) is 33.0 Å². The second kappa shape index (κ2) is 6.23. The van der Waals surface area contributed by atoms with Gasteiger partial charge in [-0.05, 0) is 39.3 Å². The van der Waals surface area contributed by atoms with Gasteiger partial charge in [-0.1, -0.05) is 17.7 Å². The summed E-state index contributed by atoms with van der Waals surface area (Å²) in [5, 5.41) is 0. The number of benzene rings is 1. The number of hydrogen-bond donors (Lipinski definition) is 0. The summed E-state index contributed by atoms with van der Waals surface area (Å²) >= 11 is 0. The van der Waals surface area contributed by atoms with Crippen LogP contribution in [-0.2, 0) is 9.84 Å².